The Balaban J connectivity index is 1.84. The van der Waals surface area contributed by atoms with Gasteiger partial charge < -0.3 is 14.7 Å². The molecule has 0 heterocycles. The molecule has 0 radical (unpaired) electrons. The van der Waals surface area contributed by atoms with E-state index in [0.717, 1.165) is 11.1 Å². The maximum atomic E-state index is 12.1. The summed E-state index contributed by atoms with van der Waals surface area (Å²) in [5, 5.41) is 9.27. The van der Waals surface area contributed by atoms with Crippen LogP contribution in [0.4, 0.5) is 0 Å². The molecule has 126 valence electrons. The van der Waals surface area contributed by atoms with Crippen molar-refractivity contribution in [2.45, 2.75) is 19.4 Å². The smallest absolute Gasteiger partial charge is 0.313 e. The molecule has 0 bridgehead atoms. The van der Waals surface area contributed by atoms with Crippen LogP contribution in [0.25, 0.3) is 0 Å². The Morgan fingerprint density at radius 2 is 1.71 bits per heavy atom. The number of esters is 1. The van der Waals surface area contributed by atoms with Gasteiger partial charge >= 0.3 is 5.97 Å². The topological polar surface area (TPSA) is 66.8 Å². The van der Waals surface area contributed by atoms with Crippen LogP contribution in [-0.2, 0) is 20.9 Å². The minimum absolute atomic E-state index is 0.136. The Bertz CT molecular complexity index is 682. The molecule has 2 aromatic carbocycles. The highest BCUT2D eigenvalue weighted by Gasteiger charge is 2.19. The number of phenolic OH excluding ortho intramolecular Hbond substituents is 1. The number of benzene rings is 2. The average Bonchev–Trinajstić information content (AvgIpc) is 2.60. The molecule has 0 fully saturated rings. The fraction of sp³-hybridized carbons (Fsp3) is 0.263. The monoisotopic (exact) mass is 327 g/mol. The van der Waals surface area contributed by atoms with E-state index in [4.69, 9.17) is 4.74 Å². The molecule has 0 unspecified atom stereocenters. The first-order valence-electron chi connectivity index (χ1n) is 7.71. The third kappa shape index (κ3) is 4.84. The van der Waals surface area contributed by atoms with Crippen molar-refractivity contribution in [1.29, 1.82) is 0 Å². The van der Waals surface area contributed by atoms with Crippen LogP contribution in [-0.4, -0.2) is 35.5 Å². The zero-order valence-corrected chi connectivity index (χ0v) is 13.8. The summed E-state index contributed by atoms with van der Waals surface area (Å²) in [4.78, 5) is 25.7. The van der Waals surface area contributed by atoms with Gasteiger partial charge in [-0.15, -0.1) is 0 Å². The molecule has 0 saturated carbocycles. The van der Waals surface area contributed by atoms with E-state index in [0.29, 0.717) is 6.54 Å². The van der Waals surface area contributed by atoms with Crippen LogP contribution >= 0.6 is 0 Å². The molecule has 0 aliphatic heterocycles. The van der Waals surface area contributed by atoms with Crippen molar-refractivity contribution in [3.05, 3.63) is 65.7 Å². The zero-order chi connectivity index (χ0) is 17.5. The number of carbonyl (C=O) groups is 2. The molecular weight excluding hydrogens is 306 g/mol. The number of phenols is 1. The van der Waals surface area contributed by atoms with Crippen molar-refractivity contribution in [2.75, 3.05) is 13.7 Å². The SMILES string of the molecule is C[C@H](C(=O)OCC(=O)N(C)Cc1ccccc1)c1ccc(O)cc1. The zero-order valence-electron chi connectivity index (χ0n) is 13.8. The van der Waals surface area contributed by atoms with Gasteiger partial charge in [-0.3, -0.25) is 9.59 Å². The molecular formula is C19H21NO4. The third-order valence-electron chi connectivity index (χ3n) is 3.77. The summed E-state index contributed by atoms with van der Waals surface area (Å²) in [5.41, 5.74) is 1.74. The van der Waals surface area contributed by atoms with Gasteiger partial charge in [-0.05, 0) is 30.2 Å². The van der Waals surface area contributed by atoms with Crippen LogP contribution in [0.1, 0.15) is 24.0 Å². The van der Waals surface area contributed by atoms with Crippen LogP contribution in [0.15, 0.2) is 54.6 Å². The molecule has 0 saturated heterocycles. The first-order chi connectivity index (χ1) is 11.5. The van der Waals surface area contributed by atoms with E-state index in [2.05, 4.69) is 0 Å². The van der Waals surface area contributed by atoms with Gasteiger partial charge in [-0.1, -0.05) is 42.5 Å². The summed E-state index contributed by atoms with van der Waals surface area (Å²) in [6, 6.07) is 15.9. The predicted molar refractivity (Wildman–Crippen MR) is 90.4 cm³/mol. The maximum Gasteiger partial charge on any atom is 0.313 e. The van der Waals surface area contributed by atoms with Crippen molar-refractivity contribution < 1.29 is 19.4 Å². The molecule has 0 spiro atoms. The molecule has 24 heavy (non-hydrogen) atoms. The summed E-state index contributed by atoms with van der Waals surface area (Å²) in [5.74, 6) is -1.10. The van der Waals surface area contributed by atoms with Crippen molar-refractivity contribution in [1.82, 2.24) is 4.90 Å². The average molecular weight is 327 g/mol. The van der Waals surface area contributed by atoms with E-state index in [9.17, 15) is 14.7 Å². The number of ether oxygens (including phenoxy) is 1. The first-order valence-corrected chi connectivity index (χ1v) is 7.71. The van der Waals surface area contributed by atoms with Crippen molar-refractivity contribution >= 4 is 11.9 Å². The highest BCUT2D eigenvalue weighted by molar-refractivity contribution is 5.83. The molecule has 2 rings (SSSR count). The molecule has 1 atom stereocenters. The normalized spacial score (nSPS) is 11.6. The van der Waals surface area contributed by atoms with E-state index in [1.54, 1.807) is 26.1 Å². The second-order valence-electron chi connectivity index (χ2n) is 5.66. The standard InChI is InChI=1S/C19H21NO4/c1-14(16-8-10-17(21)11-9-16)19(23)24-13-18(22)20(2)12-15-6-4-3-5-7-15/h3-11,14,21H,12-13H2,1-2H3/t14-/m0/s1. The lowest BCUT2D eigenvalue weighted by Gasteiger charge is -2.18. The van der Waals surface area contributed by atoms with Gasteiger partial charge in [0, 0.05) is 13.6 Å². The van der Waals surface area contributed by atoms with Gasteiger partial charge in [-0.2, -0.15) is 0 Å². The van der Waals surface area contributed by atoms with Gasteiger partial charge in [0.2, 0.25) is 0 Å². The van der Waals surface area contributed by atoms with Crippen LogP contribution in [0.3, 0.4) is 0 Å². The number of hydrogen-bond donors (Lipinski definition) is 1. The molecule has 2 aromatic rings. The Kier molecular flexibility index (Phi) is 5.95. The van der Waals surface area contributed by atoms with Crippen molar-refractivity contribution in [3.8, 4) is 5.75 Å². The number of hydrogen-bond acceptors (Lipinski definition) is 4. The minimum atomic E-state index is -0.502. The molecule has 0 aliphatic carbocycles. The summed E-state index contributed by atoms with van der Waals surface area (Å²) in [6.07, 6.45) is 0. The van der Waals surface area contributed by atoms with Gasteiger partial charge in [-0.25, -0.2) is 0 Å². The number of amides is 1. The van der Waals surface area contributed by atoms with Crippen LogP contribution in [0.5, 0.6) is 5.75 Å². The summed E-state index contributed by atoms with van der Waals surface area (Å²) in [7, 11) is 1.67. The quantitative estimate of drug-likeness (QED) is 0.829. The molecule has 5 nitrogen and oxygen atoms in total. The first kappa shape index (κ1) is 17.5. The lowest BCUT2D eigenvalue weighted by Crippen LogP contribution is -2.31. The van der Waals surface area contributed by atoms with Gasteiger partial charge in [0.25, 0.3) is 5.91 Å². The fourth-order valence-electron chi connectivity index (χ4n) is 2.21. The highest BCUT2D eigenvalue weighted by atomic mass is 16.5. The molecule has 0 aromatic heterocycles. The second-order valence-corrected chi connectivity index (χ2v) is 5.66. The fourth-order valence-corrected chi connectivity index (χ4v) is 2.21. The van der Waals surface area contributed by atoms with Crippen molar-refractivity contribution in [2.24, 2.45) is 0 Å². The van der Waals surface area contributed by atoms with E-state index >= 15 is 0 Å². The van der Waals surface area contributed by atoms with E-state index in [1.807, 2.05) is 30.3 Å². The largest absolute Gasteiger partial charge is 0.508 e. The predicted octanol–water partition coefficient (Wildman–Crippen LogP) is 2.70. The van der Waals surface area contributed by atoms with Crippen molar-refractivity contribution in [3.63, 3.8) is 0 Å². The van der Waals surface area contributed by atoms with Gasteiger partial charge in [0.1, 0.15) is 5.75 Å². The third-order valence-corrected chi connectivity index (χ3v) is 3.77. The Morgan fingerprint density at radius 1 is 1.08 bits per heavy atom. The van der Waals surface area contributed by atoms with E-state index in [1.165, 1.54) is 17.0 Å². The number of nitrogens with zero attached hydrogens (tertiary/aromatic N) is 1. The Hall–Kier alpha value is -2.82. The van der Waals surface area contributed by atoms with Gasteiger partial charge in [0.15, 0.2) is 6.61 Å². The number of rotatable bonds is 6. The Labute approximate surface area is 141 Å². The van der Waals surface area contributed by atoms with E-state index in [-0.39, 0.29) is 18.3 Å². The molecule has 1 N–H and O–H groups in total. The molecule has 1 amide bonds. The number of likely N-dealkylation sites (N-methyl/N-ethyl adjacent to an activating group) is 1. The molecule has 5 heteroatoms. The maximum absolute atomic E-state index is 12.1. The van der Waals surface area contributed by atoms with E-state index < -0.39 is 11.9 Å². The van der Waals surface area contributed by atoms with Crippen LogP contribution in [0.2, 0.25) is 0 Å². The van der Waals surface area contributed by atoms with Crippen LogP contribution in [0, 0.1) is 0 Å². The second kappa shape index (κ2) is 8.15. The summed E-state index contributed by atoms with van der Waals surface area (Å²) >= 11 is 0. The van der Waals surface area contributed by atoms with Crippen LogP contribution < -0.4 is 0 Å². The number of carbonyl (C=O) groups excluding carboxylic acids is 2. The molecule has 0 aliphatic rings. The van der Waals surface area contributed by atoms with Gasteiger partial charge in [0.05, 0.1) is 5.92 Å². The lowest BCUT2D eigenvalue weighted by atomic mass is 10.0. The minimum Gasteiger partial charge on any atom is -0.508 e. The summed E-state index contributed by atoms with van der Waals surface area (Å²) < 4.78 is 5.12. The number of aromatic hydroxyl groups is 1. The Morgan fingerprint density at radius 3 is 2.33 bits per heavy atom. The summed E-state index contributed by atoms with van der Waals surface area (Å²) in [6.45, 7) is 1.88. The highest BCUT2D eigenvalue weighted by Crippen LogP contribution is 2.19. The lowest BCUT2D eigenvalue weighted by molar-refractivity contribution is -0.152.